The van der Waals surface area contributed by atoms with Crippen molar-refractivity contribution in [1.82, 2.24) is 5.32 Å². The standard InChI is InChI=1S/C65H126NO16P/c1-7-11-15-19-23-27-28-32-36-40-44-48-61(71)80-56(46-42-38-34-30-25-21-17-13-9-3)51-76-53-78-64-62(65(77-52-58(75-6)54(5)68)81-57(50-67)63(64)82-83(72,73)74)66-59(69)49-55(45-41-37-33-29-24-20-16-12-8-2)79-60(70)47-43-39-35-31-26-22-18-14-10-4/h54-58,62-65,67-68H,7-53H2,1-6H3,(H,66,69)(H2,72,73,74)/t54-,55?,56?,57?,58?,62?,63?,64?,65?/m0/s1. The molecule has 1 rings (SSSR count). The number of amides is 1. The van der Waals surface area contributed by atoms with Crippen LogP contribution in [0, 0.1) is 0 Å². The molecule has 1 fully saturated rings. The zero-order valence-corrected chi connectivity index (χ0v) is 54.5. The first-order valence-electron chi connectivity index (χ1n) is 33.9. The van der Waals surface area contributed by atoms with Crippen LogP contribution in [0.5, 0.6) is 0 Å². The number of rotatable bonds is 60. The first-order chi connectivity index (χ1) is 40.2. The van der Waals surface area contributed by atoms with Gasteiger partial charge in [0.1, 0.15) is 49.5 Å². The fraction of sp³-hybridized carbons (Fsp3) is 0.954. The smallest absolute Gasteiger partial charge is 0.462 e. The fourth-order valence-corrected chi connectivity index (χ4v) is 11.5. The molecular weight excluding hydrogens is 1080 g/mol. The minimum atomic E-state index is -5.30. The van der Waals surface area contributed by atoms with Crippen LogP contribution in [-0.2, 0) is 56.6 Å². The Hall–Kier alpha value is -1.76. The largest absolute Gasteiger partial charge is 0.470 e. The second kappa shape index (κ2) is 54.4. The average molecular weight is 1210 g/mol. The fourth-order valence-electron chi connectivity index (χ4n) is 10.9. The Morgan fingerprint density at radius 1 is 0.530 bits per heavy atom. The molecule has 5 N–H and O–H groups in total. The number of carbonyl (C=O) groups excluding carboxylic acids is 3. The Morgan fingerprint density at radius 2 is 0.916 bits per heavy atom. The number of nitrogens with one attached hydrogen (secondary N) is 1. The van der Waals surface area contributed by atoms with Crippen molar-refractivity contribution in [1.29, 1.82) is 0 Å². The van der Waals surface area contributed by atoms with Gasteiger partial charge in [-0.25, -0.2) is 4.57 Å². The summed E-state index contributed by atoms with van der Waals surface area (Å²) in [5.74, 6) is -1.25. The van der Waals surface area contributed by atoms with Crippen LogP contribution in [0.4, 0.5) is 0 Å². The van der Waals surface area contributed by atoms with Crippen LogP contribution in [0.1, 0.15) is 311 Å². The van der Waals surface area contributed by atoms with Crippen LogP contribution >= 0.6 is 7.82 Å². The number of esters is 2. The molecule has 0 saturated carbocycles. The van der Waals surface area contributed by atoms with Gasteiger partial charge in [-0.2, -0.15) is 0 Å². The maximum absolute atomic E-state index is 14.4. The van der Waals surface area contributed by atoms with Crippen molar-refractivity contribution in [2.45, 2.75) is 366 Å². The van der Waals surface area contributed by atoms with E-state index < -0.39 is 82.2 Å². The number of phosphoric ester groups is 1. The van der Waals surface area contributed by atoms with Crippen LogP contribution in [-0.4, -0.2) is 127 Å². The molecule has 0 radical (unpaired) electrons. The van der Waals surface area contributed by atoms with Gasteiger partial charge in [0.15, 0.2) is 6.29 Å². The lowest BCUT2D eigenvalue weighted by Gasteiger charge is -2.45. The quantitative estimate of drug-likeness (QED) is 0.0165. The molecule has 0 aromatic heterocycles. The highest BCUT2D eigenvalue weighted by Gasteiger charge is 2.51. The average Bonchev–Trinajstić information content (AvgIpc) is 3.64. The van der Waals surface area contributed by atoms with E-state index in [9.17, 15) is 38.9 Å². The van der Waals surface area contributed by atoms with E-state index in [1.807, 2.05) is 0 Å². The summed E-state index contributed by atoms with van der Waals surface area (Å²) in [6.45, 7) is 8.80. The molecule has 83 heavy (non-hydrogen) atoms. The summed E-state index contributed by atoms with van der Waals surface area (Å²) in [4.78, 5) is 61.5. The van der Waals surface area contributed by atoms with Gasteiger partial charge in [0.25, 0.3) is 0 Å². The van der Waals surface area contributed by atoms with Crippen molar-refractivity contribution in [3.63, 3.8) is 0 Å². The zero-order valence-electron chi connectivity index (χ0n) is 53.6. The maximum atomic E-state index is 14.4. The lowest BCUT2D eigenvalue weighted by atomic mass is 9.96. The van der Waals surface area contributed by atoms with E-state index in [2.05, 4.69) is 33.0 Å². The molecule has 0 aromatic rings. The Kier molecular flexibility index (Phi) is 51.9. The molecule has 1 saturated heterocycles. The molecule has 9 atom stereocenters. The monoisotopic (exact) mass is 1210 g/mol. The molecule has 1 amide bonds. The van der Waals surface area contributed by atoms with E-state index in [0.29, 0.717) is 25.7 Å². The summed E-state index contributed by atoms with van der Waals surface area (Å²) in [5.41, 5.74) is 0. The minimum Gasteiger partial charge on any atom is -0.462 e. The van der Waals surface area contributed by atoms with Gasteiger partial charge < -0.3 is 58.5 Å². The molecule has 1 aliphatic heterocycles. The number of hydrogen-bond acceptors (Lipinski definition) is 14. The summed E-state index contributed by atoms with van der Waals surface area (Å²) in [7, 11) is -3.90. The Bertz CT molecular complexity index is 1560. The van der Waals surface area contributed by atoms with Crippen LogP contribution in [0.3, 0.4) is 0 Å². The van der Waals surface area contributed by atoms with Gasteiger partial charge in [0.05, 0.1) is 32.3 Å². The highest BCUT2D eigenvalue weighted by atomic mass is 31.2. The number of aliphatic hydroxyl groups is 2. The first-order valence-corrected chi connectivity index (χ1v) is 35.5. The van der Waals surface area contributed by atoms with Gasteiger partial charge >= 0.3 is 19.8 Å². The SMILES string of the molecule is CCCCCCCCCCCCCC(=O)OC(CCCCCCCCCCC)COCOC1C(NC(=O)CC(CCCCCCCCCCC)OC(=O)CCCCCCCCCCC)C(OCC(OC)[C@H](C)O)OC(CO)C1OP(=O)(O)O. The first kappa shape index (κ1) is 79.3. The third kappa shape index (κ3) is 44.3. The number of hydrogen-bond donors (Lipinski definition) is 5. The van der Waals surface area contributed by atoms with Gasteiger partial charge in [-0.05, 0) is 45.4 Å². The van der Waals surface area contributed by atoms with E-state index in [4.69, 9.17) is 37.7 Å². The van der Waals surface area contributed by atoms with E-state index in [-0.39, 0.29) is 38.0 Å². The third-order valence-corrected chi connectivity index (χ3v) is 16.6. The highest BCUT2D eigenvalue weighted by Crippen LogP contribution is 2.42. The van der Waals surface area contributed by atoms with Crippen LogP contribution in [0.25, 0.3) is 0 Å². The van der Waals surface area contributed by atoms with Crippen molar-refractivity contribution in [2.24, 2.45) is 0 Å². The number of aliphatic hydroxyl groups excluding tert-OH is 2. The van der Waals surface area contributed by atoms with Crippen LogP contribution in [0.2, 0.25) is 0 Å². The normalized spacial score (nSPS) is 18.9. The Labute approximate surface area is 505 Å². The molecule has 0 bridgehead atoms. The lowest BCUT2D eigenvalue weighted by molar-refractivity contribution is -0.289. The number of ether oxygens (including phenoxy) is 7. The van der Waals surface area contributed by atoms with Gasteiger partial charge in [0, 0.05) is 20.0 Å². The van der Waals surface area contributed by atoms with Crippen LogP contribution in [0.15, 0.2) is 0 Å². The molecule has 1 heterocycles. The molecule has 1 aliphatic rings. The minimum absolute atomic E-state index is 0.0382. The van der Waals surface area contributed by atoms with Crippen LogP contribution < -0.4 is 5.32 Å². The number of methoxy groups -OCH3 is 1. The van der Waals surface area contributed by atoms with Crippen molar-refractivity contribution >= 4 is 25.7 Å². The highest BCUT2D eigenvalue weighted by molar-refractivity contribution is 7.46. The lowest BCUT2D eigenvalue weighted by Crippen LogP contribution is -2.66. The summed E-state index contributed by atoms with van der Waals surface area (Å²) >= 11 is 0. The summed E-state index contributed by atoms with van der Waals surface area (Å²) in [6.07, 6.45) is 34.9. The Morgan fingerprint density at radius 3 is 1.30 bits per heavy atom. The number of unbranched alkanes of at least 4 members (excludes halogenated alkanes) is 34. The van der Waals surface area contributed by atoms with E-state index in [0.717, 1.165) is 96.3 Å². The molecule has 17 nitrogen and oxygen atoms in total. The molecule has 0 aliphatic carbocycles. The third-order valence-electron chi connectivity index (χ3n) is 16.1. The van der Waals surface area contributed by atoms with E-state index >= 15 is 0 Å². The second-order valence-electron chi connectivity index (χ2n) is 23.9. The van der Waals surface area contributed by atoms with Crippen molar-refractivity contribution in [3.8, 4) is 0 Å². The van der Waals surface area contributed by atoms with Gasteiger partial charge in [-0.15, -0.1) is 0 Å². The molecule has 8 unspecified atom stereocenters. The van der Waals surface area contributed by atoms with Gasteiger partial charge in [-0.1, -0.05) is 246 Å². The molecular formula is C65H126NO16P. The second-order valence-corrected chi connectivity index (χ2v) is 25.1. The van der Waals surface area contributed by atoms with Crippen molar-refractivity contribution in [3.05, 3.63) is 0 Å². The van der Waals surface area contributed by atoms with Crippen molar-refractivity contribution < 1.29 is 76.6 Å². The molecule has 492 valence electrons. The number of carbonyl (C=O) groups is 3. The summed E-state index contributed by atoms with van der Waals surface area (Å²) < 4.78 is 60.1. The topological polar surface area (TPSA) is 235 Å². The summed E-state index contributed by atoms with van der Waals surface area (Å²) in [5, 5.41) is 24.0. The predicted octanol–water partition coefficient (Wildman–Crippen LogP) is 15.1. The van der Waals surface area contributed by atoms with Crippen molar-refractivity contribution in [2.75, 3.05) is 33.7 Å². The van der Waals surface area contributed by atoms with Gasteiger partial charge in [0.2, 0.25) is 5.91 Å². The molecule has 18 heteroatoms. The van der Waals surface area contributed by atoms with E-state index in [1.165, 1.54) is 155 Å². The molecule has 0 aromatic carbocycles. The summed E-state index contributed by atoms with van der Waals surface area (Å²) in [6, 6.07) is -1.36. The Balaban J connectivity index is 3.35. The van der Waals surface area contributed by atoms with E-state index in [1.54, 1.807) is 0 Å². The predicted molar refractivity (Wildman–Crippen MR) is 330 cm³/mol. The molecule has 0 spiro atoms. The zero-order chi connectivity index (χ0) is 61.0. The van der Waals surface area contributed by atoms with Gasteiger partial charge in [-0.3, -0.25) is 18.9 Å². The number of phosphoric acid groups is 1. The maximum Gasteiger partial charge on any atom is 0.470 e.